The van der Waals surface area contributed by atoms with E-state index in [9.17, 15) is 9.59 Å². The predicted molar refractivity (Wildman–Crippen MR) is 76.7 cm³/mol. The van der Waals surface area contributed by atoms with Gasteiger partial charge in [-0.1, -0.05) is 0 Å². The molecule has 1 aromatic heterocycles. The Kier molecular flexibility index (Phi) is 5.81. The van der Waals surface area contributed by atoms with Gasteiger partial charge in [0.05, 0.1) is 18.8 Å². The zero-order valence-electron chi connectivity index (χ0n) is 13.1. The number of alkyl carbamates (subject to hydrolysis) is 1. The van der Waals surface area contributed by atoms with E-state index in [1.165, 1.54) is 6.26 Å². The second-order valence-electron chi connectivity index (χ2n) is 5.96. The quantitative estimate of drug-likeness (QED) is 0.844. The van der Waals surface area contributed by atoms with Gasteiger partial charge in [0.1, 0.15) is 17.4 Å². The highest BCUT2D eigenvalue weighted by Crippen LogP contribution is 2.19. The average Bonchev–Trinajstić information content (AvgIpc) is 2.76. The molecule has 0 bridgehead atoms. The van der Waals surface area contributed by atoms with E-state index in [1.807, 2.05) is 0 Å². The molecule has 6 nitrogen and oxygen atoms in total. The van der Waals surface area contributed by atoms with E-state index >= 15 is 0 Å². The first-order valence-electron chi connectivity index (χ1n) is 6.90. The van der Waals surface area contributed by atoms with E-state index in [-0.39, 0.29) is 12.5 Å². The number of hydrogen-bond donors (Lipinski definition) is 1. The highest BCUT2D eigenvalue weighted by atomic mass is 16.6. The van der Waals surface area contributed by atoms with Gasteiger partial charge in [-0.15, -0.1) is 0 Å². The van der Waals surface area contributed by atoms with Crippen LogP contribution < -0.4 is 5.32 Å². The van der Waals surface area contributed by atoms with Crippen LogP contribution in [0.25, 0.3) is 0 Å². The number of amides is 1. The van der Waals surface area contributed by atoms with Crippen LogP contribution in [0.1, 0.15) is 52.8 Å². The minimum Gasteiger partial charge on any atom is -0.467 e. The third kappa shape index (κ3) is 6.83. The van der Waals surface area contributed by atoms with Crippen LogP contribution in [0.15, 0.2) is 22.8 Å². The van der Waals surface area contributed by atoms with Gasteiger partial charge in [0.2, 0.25) is 0 Å². The number of rotatable bonds is 5. The molecule has 1 N–H and O–H groups in total. The lowest BCUT2D eigenvalue weighted by Crippen LogP contribution is -2.36. The van der Waals surface area contributed by atoms with Gasteiger partial charge >= 0.3 is 12.1 Å². The topological polar surface area (TPSA) is 77.8 Å². The number of ether oxygens (including phenoxy) is 2. The lowest BCUT2D eigenvalue weighted by Gasteiger charge is -2.22. The Balaban J connectivity index is 2.70. The van der Waals surface area contributed by atoms with Crippen molar-refractivity contribution in [3.05, 3.63) is 24.2 Å². The SMILES string of the molecule is CC(C)OC(=O)C[C@@H](NC(=O)OC(C)(C)C)c1ccco1. The van der Waals surface area contributed by atoms with Crippen LogP contribution in [-0.4, -0.2) is 23.8 Å². The molecule has 1 rings (SSSR count). The molecular weight excluding hydrogens is 274 g/mol. The number of nitrogens with one attached hydrogen (secondary N) is 1. The Bertz CT molecular complexity index is 459. The lowest BCUT2D eigenvalue weighted by molar-refractivity contribution is -0.148. The molecule has 0 saturated heterocycles. The molecule has 0 spiro atoms. The molecule has 6 heteroatoms. The standard InChI is InChI=1S/C15H23NO5/c1-10(2)20-13(17)9-11(12-7-6-8-19-12)16-14(18)21-15(3,4)5/h6-8,10-11H,9H2,1-5H3,(H,16,18)/t11-/m1/s1. The molecule has 0 saturated carbocycles. The van der Waals surface area contributed by atoms with E-state index in [0.717, 1.165) is 0 Å². The van der Waals surface area contributed by atoms with Crippen LogP contribution in [-0.2, 0) is 14.3 Å². The van der Waals surface area contributed by atoms with Crippen molar-refractivity contribution >= 4 is 12.1 Å². The molecular formula is C15H23NO5. The van der Waals surface area contributed by atoms with Crippen LogP contribution in [0.3, 0.4) is 0 Å². The maximum atomic E-state index is 11.8. The summed E-state index contributed by atoms with van der Waals surface area (Å²) in [7, 11) is 0. The number of carbonyl (C=O) groups excluding carboxylic acids is 2. The molecule has 1 amide bonds. The normalized spacial score (nSPS) is 12.9. The van der Waals surface area contributed by atoms with Crippen molar-refractivity contribution in [3.8, 4) is 0 Å². The van der Waals surface area contributed by atoms with E-state index < -0.39 is 23.7 Å². The van der Waals surface area contributed by atoms with Gasteiger partial charge in [0.15, 0.2) is 0 Å². The Morgan fingerprint density at radius 2 is 2.00 bits per heavy atom. The number of esters is 1. The smallest absolute Gasteiger partial charge is 0.408 e. The Hall–Kier alpha value is -1.98. The van der Waals surface area contributed by atoms with Crippen molar-refractivity contribution < 1.29 is 23.5 Å². The van der Waals surface area contributed by atoms with Gasteiger partial charge in [-0.05, 0) is 46.8 Å². The third-order valence-electron chi connectivity index (χ3n) is 2.32. The molecule has 0 aliphatic rings. The molecule has 0 unspecified atom stereocenters. The number of furan rings is 1. The average molecular weight is 297 g/mol. The summed E-state index contributed by atoms with van der Waals surface area (Å²) in [5.41, 5.74) is -0.615. The summed E-state index contributed by atoms with van der Waals surface area (Å²) in [5.74, 6) is 0.0593. The molecule has 118 valence electrons. The van der Waals surface area contributed by atoms with Crippen molar-refractivity contribution in [1.82, 2.24) is 5.32 Å². The monoisotopic (exact) mass is 297 g/mol. The highest BCUT2D eigenvalue weighted by Gasteiger charge is 2.25. The Morgan fingerprint density at radius 1 is 1.33 bits per heavy atom. The Morgan fingerprint density at radius 3 is 2.48 bits per heavy atom. The van der Waals surface area contributed by atoms with E-state index in [0.29, 0.717) is 5.76 Å². The molecule has 0 aliphatic carbocycles. The van der Waals surface area contributed by atoms with Crippen LogP contribution in [0.2, 0.25) is 0 Å². The zero-order chi connectivity index (χ0) is 16.0. The summed E-state index contributed by atoms with van der Waals surface area (Å²) < 4.78 is 15.5. The predicted octanol–water partition coefficient (Wildman–Crippen LogP) is 3.19. The number of carbonyl (C=O) groups is 2. The molecule has 0 radical (unpaired) electrons. The Labute approximate surface area is 124 Å². The molecule has 1 aromatic rings. The fourth-order valence-electron chi connectivity index (χ4n) is 1.64. The van der Waals surface area contributed by atoms with Gasteiger partial charge < -0.3 is 19.2 Å². The van der Waals surface area contributed by atoms with Crippen molar-refractivity contribution in [2.75, 3.05) is 0 Å². The first kappa shape index (κ1) is 17.1. The first-order chi connectivity index (χ1) is 9.67. The summed E-state index contributed by atoms with van der Waals surface area (Å²) >= 11 is 0. The minimum absolute atomic E-state index is 0.0229. The van der Waals surface area contributed by atoms with Crippen LogP contribution >= 0.6 is 0 Å². The summed E-state index contributed by atoms with van der Waals surface area (Å²) in [5, 5.41) is 2.62. The van der Waals surface area contributed by atoms with E-state index in [1.54, 1.807) is 46.8 Å². The maximum absolute atomic E-state index is 11.8. The van der Waals surface area contributed by atoms with Gasteiger partial charge in [-0.25, -0.2) is 4.79 Å². The molecule has 1 atom stereocenters. The van der Waals surface area contributed by atoms with Crippen LogP contribution in [0.5, 0.6) is 0 Å². The highest BCUT2D eigenvalue weighted by molar-refractivity contribution is 5.73. The molecule has 21 heavy (non-hydrogen) atoms. The second-order valence-corrected chi connectivity index (χ2v) is 5.96. The third-order valence-corrected chi connectivity index (χ3v) is 2.32. The van der Waals surface area contributed by atoms with Crippen molar-refractivity contribution in [2.24, 2.45) is 0 Å². The first-order valence-corrected chi connectivity index (χ1v) is 6.90. The van der Waals surface area contributed by atoms with Gasteiger partial charge in [0, 0.05) is 0 Å². The van der Waals surface area contributed by atoms with Gasteiger partial charge in [-0.3, -0.25) is 4.79 Å². The minimum atomic E-state index is -0.624. The van der Waals surface area contributed by atoms with Crippen LogP contribution in [0.4, 0.5) is 4.79 Å². The fourth-order valence-corrected chi connectivity index (χ4v) is 1.64. The van der Waals surface area contributed by atoms with E-state index in [2.05, 4.69) is 5.32 Å². The fraction of sp³-hybridized carbons (Fsp3) is 0.600. The van der Waals surface area contributed by atoms with Crippen molar-refractivity contribution in [1.29, 1.82) is 0 Å². The zero-order valence-corrected chi connectivity index (χ0v) is 13.1. The van der Waals surface area contributed by atoms with Crippen molar-refractivity contribution in [3.63, 3.8) is 0 Å². The maximum Gasteiger partial charge on any atom is 0.408 e. The number of hydrogen-bond acceptors (Lipinski definition) is 5. The molecule has 0 fully saturated rings. The lowest BCUT2D eigenvalue weighted by atomic mass is 10.1. The van der Waals surface area contributed by atoms with Crippen molar-refractivity contribution in [2.45, 2.75) is 58.8 Å². The summed E-state index contributed by atoms with van der Waals surface area (Å²) in [4.78, 5) is 23.6. The summed E-state index contributed by atoms with van der Waals surface area (Å²) in [6.45, 7) is 8.83. The van der Waals surface area contributed by atoms with Crippen LogP contribution in [0, 0.1) is 0 Å². The van der Waals surface area contributed by atoms with E-state index in [4.69, 9.17) is 13.9 Å². The van der Waals surface area contributed by atoms with Gasteiger partial charge in [-0.2, -0.15) is 0 Å². The molecule has 0 aromatic carbocycles. The van der Waals surface area contributed by atoms with Gasteiger partial charge in [0.25, 0.3) is 0 Å². The summed E-state index contributed by atoms with van der Waals surface area (Å²) in [6.07, 6.45) is 0.634. The second kappa shape index (κ2) is 7.15. The largest absolute Gasteiger partial charge is 0.467 e. The molecule has 1 heterocycles. The molecule has 0 aliphatic heterocycles. The summed E-state index contributed by atoms with van der Waals surface area (Å²) in [6, 6.07) is 2.75.